The van der Waals surface area contributed by atoms with Crippen molar-refractivity contribution < 1.29 is 23.6 Å². The van der Waals surface area contributed by atoms with Gasteiger partial charge in [0.2, 0.25) is 0 Å². The third-order valence-corrected chi connectivity index (χ3v) is 5.64. The van der Waals surface area contributed by atoms with E-state index in [0.29, 0.717) is 17.8 Å². The third-order valence-electron chi connectivity index (χ3n) is 5.64. The Balaban J connectivity index is 1.75. The van der Waals surface area contributed by atoms with Crippen LogP contribution < -0.4 is 10.6 Å². The molecular formula is C23H26N3O4+. The van der Waals surface area contributed by atoms with Gasteiger partial charge in [0.1, 0.15) is 35.5 Å². The van der Waals surface area contributed by atoms with Crippen LogP contribution in [0.2, 0.25) is 0 Å². The van der Waals surface area contributed by atoms with E-state index in [1.807, 2.05) is 37.3 Å². The zero-order valence-electron chi connectivity index (χ0n) is 17.2. The van der Waals surface area contributed by atoms with E-state index in [0.717, 1.165) is 35.8 Å². The zero-order valence-corrected chi connectivity index (χ0v) is 17.2. The average Bonchev–Trinajstić information content (AvgIpc) is 3.18. The van der Waals surface area contributed by atoms with Gasteiger partial charge in [-0.1, -0.05) is 43.0 Å². The number of carbonyl (C=O) groups is 2. The van der Waals surface area contributed by atoms with Crippen LogP contribution in [0.15, 0.2) is 59.8 Å². The van der Waals surface area contributed by atoms with Gasteiger partial charge >= 0.3 is 17.9 Å². The fourth-order valence-electron chi connectivity index (χ4n) is 4.48. The lowest BCUT2D eigenvalue weighted by atomic mass is 9.97. The molecule has 7 heteroatoms. The van der Waals surface area contributed by atoms with Crippen molar-refractivity contribution in [2.24, 2.45) is 0 Å². The molecule has 2 N–H and O–H groups in total. The van der Waals surface area contributed by atoms with Crippen LogP contribution in [0.3, 0.4) is 0 Å². The number of carbonyl (C=O) groups excluding carboxylic acids is 2. The maximum atomic E-state index is 13.0. The van der Waals surface area contributed by atoms with Crippen molar-refractivity contribution in [1.29, 1.82) is 0 Å². The van der Waals surface area contributed by atoms with Crippen LogP contribution >= 0.6 is 0 Å². The molecule has 0 spiro atoms. The number of benzene rings is 1. The van der Waals surface area contributed by atoms with Gasteiger partial charge in [0.05, 0.1) is 12.3 Å². The highest BCUT2D eigenvalue weighted by atomic mass is 16.5. The van der Waals surface area contributed by atoms with Crippen LogP contribution in [0.4, 0.5) is 0 Å². The van der Waals surface area contributed by atoms with E-state index in [4.69, 9.17) is 9.47 Å². The lowest BCUT2D eigenvalue weighted by Gasteiger charge is -2.32. The minimum atomic E-state index is -0.361. The maximum absolute atomic E-state index is 13.0. The van der Waals surface area contributed by atoms with Gasteiger partial charge in [-0.25, -0.2) is 24.8 Å². The van der Waals surface area contributed by atoms with Crippen LogP contribution in [0.5, 0.6) is 0 Å². The molecule has 1 saturated heterocycles. The molecule has 0 aliphatic carbocycles. The van der Waals surface area contributed by atoms with Crippen LogP contribution in [0, 0.1) is 0 Å². The lowest BCUT2D eigenvalue weighted by molar-refractivity contribution is -0.566. The highest BCUT2D eigenvalue weighted by Crippen LogP contribution is 2.37. The van der Waals surface area contributed by atoms with Gasteiger partial charge < -0.3 is 9.47 Å². The number of esters is 2. The number of rotatable bonds is 6. The second-order valence-electron chi connectivity index (χ2n) is 7.42. The van der Waals surface area contributed by atoms with Crippen molar-refractivity contribution in [2.45, 2.75) is 38.8 Å². The Labute approximate surface area is 175 Å². The second kappa shape index (κ2) is 8.18. The first-order valence-electron chi connectivity index (χ1n) is 10.2. The number of ether oxygens (including phenoxy) is 2. The summed E-state index contributed by atoms with van der Waals surface area (Å²) in [4.78, 5) is 25.7. The molecule has 0 aromatic heterocycles. The van der Waals surface area contributed by atoms with Gasteiger partial charge in [-0.15, -0.1) is 0 Å². The van der Waals surface area contributed by atoms with E-state index in [1.54, 1.807) is 13.0 Å². The highest BCUT2D eigenvalue weighted by Gasteiger charge is 2.51. The standard InChI is InChI=1S/C23H25N3O4/c1-4-13-30-21(27)18-14(3)24-23-25-20(15-9-7-6-8-10-15)19(22(28)29-5-2)17-12-11-16(18)26(17)23/h4,6-10,16-17H,1,5,11-13H2,2-3H3,(H,24,25,27,28)/p+1/t16-,17+/m0/s1. The van der Waals surface area contributed by atoms with E-state index in [2.05, 4.69) is 21.8 Å². The summed E-state index contributed by atoms with van der Waals surface area (Å²) in [6, 6.07) is 9.39. The molecule has 156 valence electrons. The molecule has 7 nitrogen and oxygen atoms in total. The Morgan fingerprint density at radius 1 is 1.10 bits per heavy atom. The summed E-state index contributed by atoms with van der Waals surface area (Å²) in [6.45, 7) is 7.73. The van der Waals surface area contributed by atoms with E-state index in [9.17, 15) is 9.59 Å². The SMILES string of the molecule is C=CCOC(=O)C1=C(C)NC2=[N+]3[C@H](CC[C@@H]13)C(C(=O)OCC)=C(c1ccccc1)N2. The van der Waals surface area contributed by atoms with Crippen molar-refractivity contribution in [3.05, 3.63) is 65.4 Å². The summed E-state index contributed by atoms with van der Waals surface area (Å²) in [5.41, 5.74) is 3.59. The van der Waals surface area contributed by atoms with Crippen LogP contribution in [0.1, 0.15) is 32.3 Å². The molecule has 3 heterocycles. The van der Waals surface area contributed by atoms with Gasteiger partial charge in [-0.2, -0.15) is 0 Å². The number of hydrogen-bond donors (Lipinski definition) is 2. The Bertz CT molecular complexity index is 991. The van der Waals surface area contributed by atoms with Gasteiger partial charge in [0, 0.05) is 5.56 Å². The normalized spacial score (nSPS) is 22.2. The second-order valence-corrected chi connectivity index (χ2v) is 7.42. The smallest absolute Gasteiger partial charge is 0.356 e. The van der Waals surface area contributed by atoms with Gasteiger partial charge in [0.15, 0.2) is 0 Å². The van der Waals surface area contributed by atoms with Gasteiger partial charge in [-0.05, 0) is 26.7 Å². The quantitative estimate of drug-likeness (QED) is 0.426. The van der Waals surface area contributed by atoms with E-state index < -0.39 is 0 Å². The summed E-state index contributed by atoms with van der Waals surface area (Å²) in [6.07, 6.45) is 3.02. The number of allylic oxidation sites excluding steroid dienone is 1. The van der Waals surface area contributed by atoms with Crippen molar-refractivity contribution in [3.8, 4) is 0 Å². The number of nitrogens with one attached hydrogen (secondary N) is 2. The lowest BCUT2D eigenvalue weighted by Crippen LogP contribution is -2.56. The van der Waals surface area contributed by atoms with E-state index in [-0.39, 0.29) is 30.6 Å². The summed E-state index contributed by atoms with van der Waals surface area (Å²) < 4.78 is 12.8. The van der Waals surface area contributed by atoms with Gasteiger partial charge in [0.25, 0.3) is 0 Å². The molecule has 0 radical (unpaired) electrons. The third kappa shape index (κ3) is 3.30. The molecule has 30 heavy (non-hydrogen) atoms. The summed E-state index contributed by atoms with van der Waals surface area (Å²) in [7, 11) is 0. The Hall–Kier alpha value is -3.35. The minimum absolute atomic E-state index is 0.159. The first-order valence-corrected chi connectivity index (χ1v) is 10.2. The van der Waals surface area contributed by atoms with E-state index in [1.165, 1.54) is 0 Å². The van der Waals surface area contributed by atoms with Crippen molar-refractivity contribution in [1.82, 2.24) is 10.6 Å². The maximum Gasteiger partial charge on any atom is 0.356 e. The van der Waals surface area contributed by atoms with Crippen LogP contribution in [-0.2, 0) is 19.1 Å². The molecule has 0 unspecified atom stereocenters. The molecule has 3 aliphatic heterocycles. The van der Waals surface area contributed by atoms with Gasteiger partial charge in [-0.3, -0.25) is 0 Å². The molecule has 1 fully saturated rings. The minimum Gasteiger partial charge on any atom is -0.462 e. The topological polar surface area (TPSA) is 79.7 Å². The highest BCUT2D eigenvalue weighted by molar-refractivity contribution is 6.04. The number of nitrogens with zero attached hydrogens (tertiary/aromatic N) is 1. The molecule has 0 amide bonds. The van der Waals surface area contributed by atoms with Crippen LogP contribution in [0.25, 0.3) is 5.70 Å². The monoisotopic (exact) mass is 408 g/mol. The largest absolute Gasteiger partial charge is 0.462 e. The fourth-order valence-corrected chi connectivity index (χ4v) is 4.48. The average molecular weight is 408 g/mol. The van der Waals surface area contributed by atoms with Crippen LogP contribution in [-0.4, -0.2) is 47.8 Å². The molecule has 1 aromatic rings. The summed E-state index contributed by atoms with van der Waals surface area (Å²) >= 11 is 0. The molecule has 4 rings (SSSR count). The molecule has 1 aromatic carbocycles. The summed E-state index contributed by atoms with van der Waals surface area (Å²) in [5.74, 6) is 0.0721. The molecule has 0 saturated carbocycles. The molecule has 2 atom stereocenters. The van der Waals surface area contributed by atoms with Crippen molar-refractivity contribution in [3.63, 3.8) is 0 Å². The first-order chi connectivity index (χ1) is 14.6. The Kier molecular flexibility index (Phi) is 5.44. The Morgan fingerprint density at radius 3 is 2.43 bits per heavy atom. The molecule has 0 bridgehead atoms. The number of hydrogen-bond acceptors (Lipinski definition) is 6. The van der Waals surface area contributed by atoms with E-state index >= 15 is 0 Å². The predicted octanol–water partition coefficient (Wildman–Crippen LogP) is 2.07. The zero-order chi connectivity index (χ0) is 21.3. The predicted molar refractivity (Wildman–Crippen MR) is 112 cm³/mol. The first kappa shape index (κ1) is 19.9. The van der Waals surface area contributed by atoms with Crippen molar-refractivity contribution >= 4 is 23.6 Å². The Morgan fingerprint density at radius 2 is 1.77 bits per heavy atom. The molecular weight excluding hydrogens is 382 g/mol. The fraction of sp³-hybridized carbons (Fsp3) is 0.348. The van der Waals surface area contributed by atoms with Crippen molar-refractivity contribution in [2.75, 3.05) is 13.2 Å². The summed E-state index contributed by atoms with van der Waals surface area (Å²) in [5, 5.41) is 6.72. The molecule has 3 aliphatic rings. The number of guanidine groups is 1.